The zero-order valence-corrected chi connectivity index (χ0v) is 19.4. The van der Waals surface area contributed by atoms with Gasteiger partial charge in [-0.2, -0.15) is 0 Å². The summed E-state index contributed by atoms with van der Waals surface area (Å²) >= 11 is 12.4. The van der Waals surface area contributed by atoms with Crippen molar-refractivity contribution >= 4 is 40.7 Å². The van der Waals surface area contributed by atoms with Crippen molar-refractivity contribution in [3.05, 3.63) is 63.1 Å². The van der Waals surface area contributed by atoms with Crippen molar-refractivity contribution in [3.63, 3.8) is 0 Å². The van der Waals surface area contributed by atoms with Crippen LogP contribution in [0.4, 0.5) is 0 Å². The average molecular weight is 479 g/mol. The number of nitrogens with zero attached hydrogens (tertiary/aromatic N) is 2. The zero-order chi connectivity index (χ0) is 23.6. The number of ketones is 1. The van der Waals surface area contributed by atoms with Gasteiger partial charge < -0.3 is 24.7 Å². The number of halogens is 2. The van der Waals surface area contributed by atoms with E-state index in [0.29, 0.717) is 18.5 Å². The van der Waals surface area contributed by atoms with E-state index in [2.05, 4.69) is 0 Å². The highest BCUT2D eigenvalue weighted by Gasteiger charge is 2.45. The molecule has 7 nitrogen and oxygen atoms in total. The summed E-state index contributed by atoms with van der Waals surface area (Å²) in [6.45, 7) is 1.03. The SMILES string of the molecule is COc1c(Cl)cc(/C(O)=C2\C(=O)C(=O)N(CCCN(C)C)C2c2ccc(O)cc2)cc1Cl. The van der Waals surface area contributed by atoms with E-state index in [4.69, 9.17) is 27.9 Å². The second-order valence-corrected chi connectivity index (χ2v) is 8.53. The fourth-order valence-corrected chi connectivity index (χ4v) is 4.36. The van der Waals surface area contributed by atoms with Gasteiger partial charge in [-0.25, -0.2) is 0 Å². The Kier molecular flexibility index (Phi) is 7.33. The van der Waals surface area contributed by atoms with Crippen molar-refractivity contribution in [3.8, 4) is 11.5 Å². The third-order valence-corrected chi connectivity index (χ3v) is 5.79. The Labute approximate surface area is 196 Å². The highest BCUT2D eigenvalue weighted by Crippen LogP contribution is 2.42. The van der Waals surface area contributed by atoms with Crippen molar-refractivity contribution in [1.29, 1.82) is 0 Å². The maximum atomic E-state index is 13.0. The summed E-state index contributed by atoms with van der Waals surface area (Å²) in [5, 5.41) is 21.1. The van der Waals surface area contributed by atoms with Gasteiger partial charge in [0.1, 0.15) is 11.5 Å². The molecule has 1 amide bonds. The Bertz CT molecular complexity index is 1040. The molecule has 1 aliphatic heterocycles. The molecule has 2 aromatic carbocycles. The van der Waals surface area contributed by atoms with Crippen LogP contribution in [0.25, 0.3) is 5.76 Å². The summed E-state index contributed by atoms with van der Waals surface area (Å²) in [5.41, 5.74) is 0.706. The third kappa shape index (κ3) is 4.70. The fourth-order valence-electron chi connectivity index (χ4n) is 3.72. The van der Waals surface area contributed by atoms with Crippen LogP contribution in [0.3, 0.4) is 0 Å². The average Bonchev–Trinajstić information content (AvgIpc) is 2.98. The van der Waals surface area contributed by atoms with Gasteiger partial charge in [0.05, 0.1) is 28.8 Å². The van der Waals surface area contributed by atoms with E-state index in [-0.39, 0.29) is 38.4 Å². The lowest BCUT2D eigenvalue weighted by atomic mass is 9.95. The van der Waals surface area contributed by atoms with Gasteiger partial charge in [0.15, 0.2) is 5.75 Å². The van der Waals surface area contributed by atoms with Crippen LogP contribution < -0.4 is 4.74 Å². The quantitative estimate of drug-likeness (QED) is 0.354. The molecule has 1 fully saturated rings. The molecule has 0 saturated carbocycles. The molecular formula is C23H24Cl2N2O5. The van der Waals surface area contributed by atoms with Crippen LogP contribution in [-0.4, -0.2) is 66.0 Å². The Morgan fingerprint density at radius 1 is 1.12 bits per heavy atom. The Hall–Kier alpha value is -2.74. The van der Waals surface area contributed by atoms with E-state index in [1.165, 1.54) is 36.3 Å². The van der Waals surface area contributed by atoms with Gasteiger partial charge in [0, 0.05) is 12.1 Å². The molecule has 32 heavy (non-hydrogen) atoms. The summed E-state index contributed by atoms with van der Waals surface area (Å²) in [4.78, 5) is 29.3. The smallest absolute Gasteiger partial charge is 0.295 e. The number of amides is 1. The van der Waals surface area contributed by atoms with Gasteiger partial charge in [-0.1, -0.05) is 35.3 Å². The number of likely N-dealkylation sites (tertiary alicyclic amines) is 1. The molecule has 2 N–H and O–H groups in total. The molecule has 1 aliphatic rings. The molecule has 9 heteroatoms. The molecule has 1 heterocycles. The molecule has 170 valence electrons. The highest BCUT2D eigenvalue weighted by molar-refractivity contribution is 6.46. The number of carbonyl (C=O) groups is 2. The highest BCUT2D eigenvalue weighted by atomic mass is 35.5. The molecular weight excluding hydrogens is 455 g/mol. The first-order chi connectivity index (χ1) is 15.1. The predicted octanol–water partition coefficient (Wildman–Crippen LogP) is 4.08. The molecule has 1 unspecified atom stereocenters. The van der Waals surface area contributed by atoms with E-state index in [0.717, 1.165) is 6.54 Å². The van der Waals surface area contributed by atoms with Crippen molar-refractivity contribution in [2.24, 2.45) is 0 Å². The number of rotatable bonds is 7. The summed E-state index contributed by atoms with van der Waals surface area (Å²) < 4.78 is 5.14. The number of phenolic OH excluding ortho intramolecular Hbond substituents is 1. The van der Waals surface area contributed by atoms with Crippen molar-refractivity contribution < 1.29 is 24.5 Å². The Morgan fingerprint density at radius 3 is 2.25 bits per heavy atom. The van der Waals surface area contributed by atoms with Crippen molar-refractivity contribution in [1.82, 2.24) is 9.80 Å². The van der Waals surface area contributed by atoms with Crippen LogP contribution in [0, 0.1) is 0 Å². The number of carbonyl (C=O) groups excluding carboxylic acids is 2. The van der Waals surface area contributed by atoms with E-state index >= 15 is 0 Å². The van der Waals surface area contributed by atoms with Crippen LogP contribution in [-0.2, 0) is 9.59 Å². The first-order valence-electron chi connectivity index (χ1n) is 9.91. The first-order valence-corrected chi connectivity index (χ1v) is 10.7. The molecule has 3 rings (SSSR count). The van der Waals surface area contributed by atoms with Crippen molar-refractivity contribution in [2.75, 3.05) is 34.3 Å². The number of aromatic hydroxyl groups is 1. The van der Waals surface area contributed by atoms with Crippen LogP contribution in [0.15, 0.2) is 42.0 Å². The minimum absolute atomic E-state index is 0.0482. The van der Waals surface area contributed by atoms with Crippen LogP contribution in [0.2, 0.25) is 10.0 Å². The topological polar surface area (TPSA) is 90.3 Å². The van der Waals surface area contributed by atoms with Crippen LogP contribution >= 0.6 is 23.2 Å². The summed E-state index contributed by atoms with van der Waals surface area (Å²) in [7, 11) is 5.25. The van der Waals surface area contributed by atoms with E-state index in [1.807, 2.05) is 19.0 Å². The summed E-state index contributed by atoms with van der Waals surface area (Å²) in [6, 6.07) is 8.20. The van der Waals surface area contributed by atoms with Gasteiger partial charge >= 0.3 is 0 Å². The maximum Gasteiger partial charge on any atom is 0.295 e. The van der Waals surface area contributed by atoms with E-state index in [1.54, 1.807) is 12.1 Å². The molecule has 2 aromatic rings. The second-order valence-electron chi connectivity index (χ2n) is 7.71. The standard InChI is InChI=1S/C23H24Cl2N2O5/c1-26(2)9-4-10-27-19(13-5-7-15(28)8-6-13)18(21(30)23(27)31)20(29)14-11-16(24)22(32-3)17(25)12-14/h5-8,11-12,19,28-29H,4,9-10H2,1-3H3/b20-18+. The number of methoxy groups -OCH3 is 1. The zero-order valence-electron chi connectivity index (χ0n) is 17.9. The lowest BCUT2D eigenvalue weighted by Crippen LogP contribution is -2.32. The number of Topliss-reactive ketones (excluding diaryl/α,β-unsaturated/α-hetero) is 1. The summed E-state index contributed by atoms with van der Waals surface area (Å²) in [5.74, 6) is -1.60. The Balaban J connectivity index is 2.13. The third-order valence-electron chi connectivity index (χ3n) is 5.23. The minimum Gasteiger partial charge on any atom is -0.508 e. The normalized spacial score (nSPS) is 17.9. The molecule has 0 aromatic heterocycles. The number of aliphatic hydroxyl groups excluding tert-OH is 1. The van der Waals surface area contributed by atoms with Gasteiger partial charge in [0.25, 0.3) is 11.7 Å². The van der Waals surface area contributed by atoms with Gasteiger partial charge in [-0.15, -0.1) is 0 Å². The fraction of sp³-hybridized carbons (Fsp3) is 0.304. The number of phenols is 1. The Morgan fingerprint density at radius 2 is 1.72 bits per heavy atom. The molecule has 0 spiro atoms. The van der Waals surface area contributed by atoms with Gasteiger partial charge in [0.2, 0.25) is 0 Å². The number of hydrogen-bond donors (Lipinski definition) is 2. The van der Waals surface area contributed by atoms with Crippen molar-refractivity contribution in [2.45, 2.75) is 12.5 Å². The molecule has 1 saturated heterocycles. The first kappa shape index (κ1) is 23.9. The minimum atomic E-state index is -0.822. The lowest BCUT2D eigenvalue weighted by Gasteiger charge is -2.26. The second kappa shape index (κ2) is 9.81. The van der Waals surface area contributed by atoms with E-state index < -0.39 is 17.7 Å². The lowest BCUT2D eigenvalue weighted by molar-refractivity contribution is -0.139. The molecule has 1 atom stereocenters. The largest absolute Gasteiger partial charge is 0.508 e. The molecule has 0 radical (unpaired) electrons. The molecule has 0 aliphatic carbocycles. The molecule has 0 bridgehead atoms. The summed E-state index contributed by atoms with van der Waals surface area (Å²) in [6.07, 6.45) is 0.634. The maximum absolute atomic E-state index is 13.0. The predicted molar refractivity (Wildman–Crippen MR) is 123 cm³/mol. The van der Waals surface area contributed by atoms with Gasteiger partial charge in [-0.3, -0.25) is 9.59 Å². The monoisotopic (exact) mass is 478 g/mol. The number of ether oxygens (including phenoxy) is 1. The number of hydrogen-bond acceptors (Lipinski definition) is 6. The number of aliphatic hydroxyl groups is 1. The van der Waals surface area contributed by atoms with Crippen LogP contribution in [0.1, 0.15) is 23.6 Å². The van der Waals surface area contributed by atoms with Crippen LogP contribution in [0.5, 0.6) is 11.5 Å². The number of benzene rings is 2. The van der Waals surface area contributed by atoms with Gasteiger partial charge in [-0.05, 0) is 56.9 Å². The van der Waals surface area contributed by atoms with E-state index in [9.17, 15) is 19.8 Å².